The largest absolute Gasteiger partial charge is 0.301 e. The first-order valence-corrected chi connectivity index (χ1v) is 4.42. The summed E-state index contributed by atoms with van der Waals surface area (Å²) in [6, 6.07) is 0.767. The lowest BCUT2D eigenvalue weighted by molar-refractivity contribution is 0.495. The van der Waals surface area contributed by atoms with E-state index in [9.17, 15) is 0 Å². The standard InChI is InChI=1S/C10H19N/c1-5-7-8-10(6-2)11-9(3)4/h2,9-11H,5,7-8H2,1,3-4H3. The van der Waals surface area contributed by atoms with Crippen LogP contribution in [0, 0.1) is 12.3 Å². The van der Waals surface area contributed by atoms with Crippen LogP contribution in [0.2, 0.25) is 0 Å². The van der Waals surface area contributed by atoms with Crippen molar-refractivity contribution in [3.05, 3.63) is 0 Å². The second-order valence-electron chi connectivity index (χ2n) is 3.18. The van der Waals surface area contributed by atoms with Gasteiger partial charge in [-0.1, -0.05) is 25.7 Å². The lowest BCUT2D eigenvalue weighted by Gasteiger charge is -2.14. The van der Waals surface area contributed by atoms with Gasteiger partial charge in [0, 0.05) is 6.04 Å². The summed E-state index contributed by atoms with van der Waals surface area (Å²) < 4.78 is 0. The van der Waals surface area contributed by atoms with Crippen molar-refractivity contribution < 1.29 is 0 Å². The molecule has 1 heteroatoms. The Bertz CT molecular complexity index is 121. The summed E-state index contributed by atoms with van der Waals surface area (Å²) in [5.74, 6) is 2.76. The van der Waals surface area contributed by atoms with E-state index in [1.165, 1.54) is 12.8 Å². The van der Waals surface area contributed by atoms with E-state index in [2.05, 4.69) is 32.0 Å². The fraction of sp³-hybridized carbons (Fsp3) is 0.800. The molecule has 0 heterocycles. The summed E-state index contributed by atoms with van der Waals surface area (Å²) in [6.07, 6.45) is 8.89. The van der Waals surface area contributed by atoms with Gasteiger partial charge in [0.05, 0.1) is 6.04 Å². The van der Waals surface area contributed by atoms with Gasteiger partial charge in [0.15, 0.2) is 0 Å². The molecule has 1 atom stereocenters. The zero-order valence-electron chi connectivity index (χ0n) is 7.85. The number of rotatable bonds is 5. The van der Waals surface area contributed by atoms with Crippen LogP contribution in [-0.2, 0) is 0 Å². The van der Waals surface area contributed by atoms with Gasteiger partial charge in [0.25, 0.3) is 0 Å². The van der Waals surface area contributed by atoms with E-state index in [-0.39, 0.29) is 6.04 Å². The molecule has 0 aromatic heterocycles. The van der Waals surface area contributed by atoms with Gasteiger partial charge in [-0.25, -0.2) is 0 Å². The van der Waals surface area contributed by atoms with Crippen molar-refractivity contribution in [2.75, 3.05) is 0 Å². The van der Waals surface area contributed by atoms with Gasteiger partial charge in [-0.3, -0.25) is 0 Å². The van der Waals surface area contributed by atoms with Crippen LogP contribution in [0.3, 0.4) is 0 Å². The molecule has 0 aromatic carbocycles. The molecule has 0 saturated carbocycles. The van der Waals surface area contributed by atoms with Crippen LogP contribution in [0.1, 0.15) is 40.0 Å². The Kier molecular flexibility index (Phi) is 5.97. The molecule has 64 valence electrons. The Hall–Kier alpha value is -0.480. The van der Waals surface area contributed by atoms with Gasteiger partial charge in [-0.15, -0.1) is 6.42 Å². The molecule has 0 aliphatic heterocycles. The molecule has 0 aliphatic rings. The minimum atomic E-state index is 0.273. The molecule has 1 N–H and O–H groups in total. The van der Waals surface area contributed by atoms with Crippen LogP contribution in [0.15, 0.2) is 0 Å². The fourth-order valence-electron chi connectivity index (χ4n) is 1.03. The third kappa shape index (κ3) is 5.94. The predicted octanol–water partition coefficient (Wildman–Crippen LogP) is 2.18. The van der Waals surface area contributed by atoms with Crippen LogP contribution in [0.25, 0.3) is 0 Å². The number of terminal acetylenes is 1. The molecule has 0 saturated heterocycles. The Labute approximate surface area is 70.6 Å². The second-order valence-corrected chi connectivity index (χ2v) is 3.18. The highest BCUT2D eigenvalue weighted by atomic mass is 14.9. The molecule has 0 rings (SSSR count). The van der Waals surface area contributed by atoms with E-state index >= 15 is 0 Å². The third-order valence-electron chi connectivity index (χ3n) is 1.58. The van der Waals surface area contributed by atoms with Crippen molar-refractivity contribution in [3.8, 4) is 12.3 Å². The molecule has 0 spiro atoms. The lowest BCUT2D eigenvalue weighted by Crippen LogP contribution is -2.33. The van der Waals surface area contributed by atoms with Gasteiger partial charge in [0.1, 0.15) is 0 Å². The van der Waals surface area contributed by atoms with Crippen LogP contribution < -0.4 is 5.32 Å². The number of nitrogens with one attached hydrogen (secondary N) is 1. The minimum Gasteiger partial charge on any atom is -0.301 e. The highest BCUT2D eigenvalue weighted by molar-refractivity contribution is 4.98. The quantitative estimate of drug-likeness (QED) is 0.597. The highest BCUT2D eigenvalue weighted by Gasteiger charge is 2.03. The lowest BCUT2D eigenvalue weighted by atomic mass is 10.1. The molecular formula is C10H19N. The van der Waals surface area contributed by atoms with Crippen LogP contribution in [-0.4, -0.2) is 12.1 Å². The maximum Gasteiger partial charge on any atom is 0.0688 e. The van der Waals surface area contributed by atoms with Crippen molar-refractivity contribution in [1.82, 2.24) is 5.32 Å². The summed E-state index contributed by atoms with van der Waals surface area (Å²) in [6.45, 7) is 6.43. The Morgan fingerprint density at radius 2 is 2.09 bits per heavy atom. The van der Waals surface area contributed by atoms with Crippen molar-refractivity contribution in [2.45, 2.75) is 52.1 Å². The van der Waals surface area contributed by atoms with Crippen LogP contribution >= 0.6 is 0 Å². The second kappa shape index (κ2) is 6.24. The average Bonchev–Trinajstić information content (AvgIpc) is 1.97. The van der Waals surface area contributed by atoms with Crippen molar-refractivity contribution in [3.63, 3.8) is 0 Å². The highest BCUT2D eigenvalue weighted by Crippen LogP contribution is 2.00. The van der Waals surface area contributed by atoms with Gasteiger partial charge in [-0.05, 0) is 20.3 Å². The molecule has 1 nitrogen and oxygen atoms in total. The molecular weight excluding hydrogens is 134 g/mol. The fourth-order valence-corrected chi connectivity index (χ4v) is 1.03. The van der Waals surface area contributed by atoms with E-state index in [0.717, 1.165) is 6.42 Å². The Balaban J connectivity index is 3.52. The molecule has 0 fully saturated rings. The monoisotopic (exact) mass is 153 g/mol. The Morgan fingerprint density at radius 1 is 1.45 bits per heavy atom. The van der Waals surface area contributed by atoms with Crippen LogP contribution in [0.4, 0.5) is 0 Å². The number of hydrogen-bond donors (Lipinski definition) is 1. The molecule has 0 aliphatic carbocycles. The molecule has 0 radical (unpaired) electrons. The van der Waals surface area contributed by atoms with Gasteiger partial charge >= 0.3 is 0 Å². The zero-order chi connectivity index (χ0) is 8.69. The van der Waals surface area contributed by atoms with Crippen LogP contribution in [0.5, 0.6) is 0 Å². The molecule has 11 heavy (non-hydrogen) atoms. The van der Waals surface area contributed by atoms with Gasteiger partial charge < -0.3 is 5.32 Å². The van der Waals surface area contributed by atoms with E-state index in [4.69, 9.17) is 6.42 Å². The first kappa shape index (κ1) is 10.5. The topological polar surface area (TPSA) is 12.0 Å². The Morgan fingerprint density at radius 3 is 2.45 bits per heavy atom. The van der Waals surface area contributed by atoms with E-state index in [0.29, 0.717) is 6.04 Å². The summed E-state index contributed by atoms with van der Waals surface area (Å²) in [4.78, 5) is 0. The van der Waals surface area contributed by atoms with E-state index < -0.39 is 0 Å². The summed E-state index contributed by atoms with van der Waals surface area (Å²) in [5, 5.41) is 3.33. The van der Waals surface area contributed by atoms with Crippen molar-refractivity contribution >= 4 is 0 Å². The van der Waals surface area contributed by atoms with E-state index in [1.807, 2.05) is 0 Å². The minimum absolute atomic E-state index is 0.273. The number of unbranched alkanes of at least 4 members (excludes halogenated alkanes) is 1. The summed E-state index contributed by atoms with van der Waals surface area (Å²) >= 11 is 0. The first-order valence-electron chi connectivity index (χ1n) is 4.42. The van der Waals surface area contributed by atoms with Crippen molar-refractivity contribution in [1.29, 1.82) is 0 Å². The molecule has 1 unspecified atom stereocenters. The van der Waals surface area contributed by atoms with Crippen molar-refractivity contribution in [2.24, 2.45) is 0 Å². The molecule has 0 bridgehead atoms. The summed E-state index contributed by atoms with van der Waals surface area (Å²) in [5.41, 5.74) is 0. The third-order valence-corrected chi connectivity index (χ3v) is 1.58. The van der Waals surface area contributed by atoms with Gasteiger partial charge in [-0.2, -0.15) is 0 Å². The maximum atomic E-state index is 5.35. The SMILES string of the molecule is C#CC(CCCC)NC(C)C. The average molecular weight is 153 g/mol. The number of hydrogen-bond acceptors (Lipinski definition) is 1. The van der Waals surface area contributed by atoms with Gasteiger partial charge in [0.2, 0.25) is 0 Å². The predicted molar refractivity (Wildman–Crippen MR) is 50.4 cm³/mol. The smallest absolute Gasteiger partial charge is 0.0688 e. The first-order chi connectivity index (χ1) is 5.20. The normalized spacial score (nSPS) is 13.0. The maximum absolute atomic E-state index is 5.35. The molecule has 0 amide bonds. The summed E-state index contributed by atoms with van der Waals surface area (Å²) in [7, 11) is 0. The zero-order valence-corrected chi connectivity index (χ0v) is 7.85. The van der Waals surface area contributed by atoms with E-state index in [1.54, 1.807) is 0 Å². The molecule has 0 aromatic rings.